The summed E-state index contributed by atoms with van der Waals surface area (Å²) in [4.78, 5) is 0. The van der Waals surface area contributed by atoms with Gasteiger partial charge in [0, 0.05) is 6.61 Å². The Bertz CT molecular complexity index is 68.9. The molecular weight excluding hydrogens is 152 g/mol. The van der Waals surface area contributed by atoms with Crippen molar-refractivity contribution in [1.29, 1.82) is 0 Å². The summed E-state index contributed by atoms with van der Waals surface area (Å²) in [5, 5.41) is 15.0. The van der Waals surface area contributed by atoms with Crippen LogP contribution in [0.3, 0.4) is 0 Å². The van der Waals surface area contributed by atoms with Gasteiger partial charge in [0.25, 0.3) is 0 Å². The van der Waals surface area contributed by atoms with E-state index in [1.54, 1.807) is 0 Å². The van der Waals surface area contributed by atoms with Crippen LogP contribution in [-0.2, 0) is 0 Å². The van der Waals surface area contributed by atoms with Crippen molar-refractivity contribution in [2.75, 3.05) is 33.3 Å². The van der Waals surface area contributed by atoms with Crippen molar-refractivity contribution in [3.63, 3.8) is 0 Å². The van der Waals surface area contributed by atoms with Gasteiger partial charge in [-0.25, -0.2) is 0 Å². The van der Waals surface area contributed by atoms with Gasteiger partial charge in [0.1, 0.15) is 0 Å². The van der Waals surface area contributed by atoms with Crippen molar-refractivity contribution in [2.45, 2.75) is 25.7 Å². The third-order valence-electron chi connectivity index (χ3n) is 1.79. The average Bonchev–Trinajstić information content (AvgIpc) is 2.10. The first-order valence-electron chi connectivity index (χ1n) is 4.88. The zero-order chi connectivity index (χ0) is 9.07. The minimum Gasteiger partial charge on any atom is -0.396 e. The van der Waals surface area contributed by atoms with Crippen LogP contribution in [0.2, 0.25) is 0 Å². The highest BCUT2D eigenvalue weighted by molar-refractivity contribution is 4.49. The van der Waals surface area contributed by atoms with Crippen molar-refractivity contribution in [3.05, 3.63) is 0 Å². The van der Waals surface area contributed by atoms with Crippen LogP contribution in [0.15, 0.2) is 0 Å². The molecule has 0 unspecified atom stereocenters. The molecule has 0 amide bonds. The first kappa shape index (κ1) is 11.9. The van der Waals surface area contributed by atoms with Crippen LogP contribution in [-0.4, -0.2) is 38.4 Å². The van der Waals surface area contributed by atoms with Crippen LogP contribution < -0.4 is 10.6 Å². The highest BCUT2D eigenvalue weighted by Crippen LogP contribution is 1.86. The van der Waals surface area contributed by atoms with Crippen LogP contribution in [0.5, 0.6) is 0 Å². The Labute approximate surface area is 75.6 Å². The summed E-state index contributed by atoms with van der Waals surface area (Å²) >= 11 is 0. The molecule has 0 spiro atoms. The molecule has 12 heavy (non-hydrogen) atoms. The smallest absolute Gasteiger partial charge is 0.0431 e. The fourth-order valence-corrected chi connectivity index (χ4v) is 1.04. The fourth-order valence-electron chi connectivity index (χ4n) is 1.04. The number of aliphatic hydroxyl groups excluding tert-OH is 1. The second-order valence-corrected chi connectivity index (χ2v) is 2.99. The lowest BCUT2D eigenvalue weighted by Gasteiger charge is -2.03. The standard InChI is InChI=1S/C9H22N2O/c1-10-6-2-3-7-11-8-4-5-9-12/h10-12H,2-9H2,1H3. The van der Waals surface area contributed by atoms with Gasteiger partial charge in [-0.3, -0.25) is 0 Å². The molecule has 0 fully saturated rings. The maximum Gasteiger partial charge on any atom is 0.0431 e. The van der Waals surface area contributed by atoms with Gasteiger partial charge >= 0.3 is 0 Å². The van der Waals surface area contributed by atoms with E-state index in [1.807, 2.05) is 7.05 Å². The first-order valence-corrected chi connectivity index (χ1v) is 4.88. The molecule has 3 nitrogen and oxygen atoms in total. The zero-order valence-corrected chi connectivity index (χ0v) is 8.10. The molecule has 3 N–H and O–H groups in total. The van der Waals surface area contributed by atoms with Crippen molar-refractivity contribution in [3.8, 4) is 0 Å². The number of hydrogen-bond donors (Lipinski definition) is 3. The summed E-state index contributed by atoms with van der Waals surface area (Å²) in [6.45, 7) is 3.58. The molecule has 0 rings (SSSR count). The maximum absolute atomic E-state index is 8.50. The highest BCUT2D eigenvalue weighted by atomic mass is 16.2. The third-order valence-corrected chi connectivity index (χ3v) is 1.79. The van der Waals surface area contributed by atoms with E-state index in [9.17, 15) is 0 Å². The third kappa shape index (κ3) is 9.88. The number of unbranched alkanes of at least 4 members (excludes halogenated alkanes) is 2. The summed E-state index contributed by atoms with van der Waals surface area (Å²) in [6, 6.07) is 0. The van der Waals surface area contributed by atoms with Gasteiger partial charge in [0.2, 0.25) is 0 Å². The van der Waals surface area contributed by atoms with Crippen molar-refractivity contribution in [1.82, 2.24) is 10.6 Å². The minimum absolute atomic E-state index is 0.321. The monoisotopic (exact) mass is 174 g/mol. The van der Waals surface area contributed by atoms with E-state index in [1.165, 1.54) is 12.8 Å². The second-order valence-electron chi connectivity index (χ2n) is 2.99. The molecule has 0 aromatic rings. The molecule has 0 atom stereocenters. The summed E-state index contributed by atoms with van der Waals surface area (Å²) < 4.78 is 0. The lowest BCUT2D eigenvalue weighted by molar-refractivity contribution is 0.283. The van der Waals surface area contributed by atoms with E-state index >= 15 is 0 Å². The normalized spacial score (nSPS) is 10.5. The van der Waals surface area contributed by atoms with Crippen molar-refractivity contribution >= 4 is 0 Å². The van der Waals surface area contributed by atoms with E-state index < -0.39 is 0 Å². The van der Waals surface area contributed by atoms with Crippen LogP contribution >= 0.6 is 0 Å². The van der Waals surface area contributed by atoms with E-state index in [0.29, 0.717) is 6.61 Å². The molecule has 0 radical (unpaired) electrons. The average molecular weight is 174 g/mol. The predicted molar refractivity (Wildman–Crippen MR) is 52.4 cm³/mol. The first-order chi connectivity index (χ1) is 5.91. The van der Waals surface area contributed by atoms with Crippen LogP contribution in [0.4, 0.5) is 0 Å². The Morgan fingerprint density at radius 2 is 1.50 bits per heavy atom. The Morgan fingerprint density at radius 1 is 0.917 bits per heavy atom. The molecule has 0 heterocycles. The Balaban J connectivity index is 2.73. The molecule has 0 aliphatic rings. The van der Waals surface area contributed by atoms with E-state index in [-0.39, 0.29) is 0 Å². The molecule has 0 aliphatic heterocycles. The summed E-state index contributed by atoms with van der Waals surface area (Å²) in [5.41, 5.74) is 0. The van der Waals surface area contributed by atoms with E-state index in [2.05, 4.69) is 10.6 Å². The van der Waals surface area contributed by atoms with Gasteiger partial charge in [0.15, 0.2) is 0 Å². The second kappa shape index (κ2) is 10.9. The molecule has 74 valence electrons. The molecule has 3 heteroatoms. The van der Waals surface area contributed by atoms with Gasteiger partial charge in [-0.2, -0.15) is 0 Å². The predicted octanol–water partition coefficient (Wildman–Crippen LogP) is 0.348. The van der Waals surface area contributed by atoms with Gasteiger partial charge in [-0.05, 0) is 52.4 Å². The van der Waals surface area contributed by atoms with Crippen molar-refractivity contribution < 1.29 is 5.11 Å². The van der Waals surface area contributed by atoms with E-state index in [0.717, 1.165) is 32.5 Å². The van der Waals surface area contributed by atoms with Gasteiger partial charge in [0.05, 0.1) is 0 Å². The van der Waals surface area contributed by atoms with Gasteiger partial charge < -0.3 is 15.7 Å². The lowest BCUT2D eigenvalue weighted by atomic mass is 10.3. The van der Waals surface area contributed by atoms with Crippen LogP contribution in [0, 0.1) is 0 Å². The minimum atomic E-state index is 0.321. The lowest BCUT2D eigenvalue weighted by Crippen LogP contribution is -2.18. The topological polar surface area (TPSA) is 44.3 Å². The highest BCUT2D eigenvalue weighted by Gasteiger charge is 1.88. The molecule has 0 saturated heterocycles. The SMILES string of the molecule is CNCCCCNCCCCO. The van der Waals surface area contributed by atoms with Crippen LogP contribution in [0.1, 0.15) is 25.7 Å². The summed E-state index contributed by atoms with van der Waals surface area (Å²) in [6.07, 6.45) is 4.48. The Kier molecular flexibility index (Phi) is 10.8. The zero-order valence-electron chi connectivity index (χ0n) is 8.10. The van der Waals surface area contributed by atoms with Gasteiger partial charge in [-0.15, -0.1) is 0 Å². The maximum atomic E-state index is 8.50. The summed E-state index contributed by atoms with van der Waals surface area (Å²) in [7, 11) is 1.98. The largest absolute Gasteiger partial charge is 0.396 e. The summed E-state index contributed by atoms with van der Waals surface area (Å²) in [5.74, 6) is 0. The quantitative estimate of drug-likeness (QED) is 0.442. The van der Waals surface area contributed by atoms with Crippen LogP contribution in [0.25, 0.3) is 0 Å². The molecular formula is C9H22N2O. The molecule has 0 aromatic carbocycles. The molecule has 0 saturated carbocycles. The van der Waals surface area contributed by atoms with Crippen molar-refractivity contribution in [2.24, 2.45) is 0 Å². The number of aliphatic hydroxyl groups is 1. The number of hydrogen-bond acceptors (Lipinski definition) is 3. The number of rotatable bonds is 9. The molecule has 0 aliphatic carbocycles. The Hall–Kier alpha value is -0.120. The van der Waals surface area contributed by atoms with E-state index in [4.69, 9.17) is 5.11 Å². The molecule has 0 bridgehead atoms. The Morgan fingerprint density at radius 3 is 2.08 bits per heavy atom. The number of nitrogens with one attached hydrogen (secondary N) is 2. The fraction of sp³-hybridized carbons (Fsp3) is 1.00. The van der Waals surface area contributed by atoms with Gasteiger partial charge in [-0.1, -0.05) is 0 Å². The molecule has 0 aromatic heterocycles.